The molecule has 90 valence electrons. The van der Waals surface area contributed by atoms with Crippen molar-refractivity contribution in [2.24, 2.45) is 0 Å². The molecule has 0 saturated carbocycles. The van der Waals surface area contributed by atoms with Crippen LogP contribution in [0.15, 0.2) is 0 Å². The maximum atomic E-state index is 2.76. The molecule has 15 heavy (non-hydrogen) atoms. The molecule has 2 heteroatoms. The zero-order valence-corrected chi connectivity index (χ0v) is 11.0. The van der Waals surface area contributed by atoms with Crippen LogP contribution in [-0.4, -0.2) is 48.1 Å². The van der Waals surface area contributed by atoms with Crippen LogP contribution in [0.5, 0.6) is 0 Å². The predicted octanol–water partition coefficient (Wildman–Crippen LogP) is 2.59. The highest BCUT2D eigenvalue weighted by Crippen LogP contribution is 2.29. The molecule has 2 bridgehead atoms. The third-order valence-corrected chi connectivity index (χ3v) is 3.64. The minimum atomic E-state index is 0.888. The van der Waals surface area contributed by atoms with Crippen LogP contribution in [0, 0.1) is 0 Å². The maximum Gasteiger partial charge on any atom is 0.0227 e. The number of piperazine rings is 1. The van der Waals surface area contributed by atoms with Gasteiger partial charge < -0.3 is 4.90 Å². The van der Waals surface area contributed by atoms with Gasteiger partial charge in [0.1, 0.15) is 0 Å². The van der Waals surface area contributed by atoms with Gasteiger partial charge in [-0.3, -0.25) is 4.90 Å². The Bertz CT molecular complexity index is 156. The van der Waals surface area contributed by atoms with E-state index < -0.39 is 0 Å². The Balaban J connectivity index is 0.000000531. The van der Waals surface area contributed by atoms with Crippen molar-refractivity contribution in [1.29, 1.82) is 0 Å². The Morgan fingerprint density at radius 1 is 1.00 bits per heavy atom. The van der Waals surface area contributed by atoms with Gasteiger partial charge in [-0.1, -0.05) is 27.7 Å². The molecule has 0 amide bonds. The zero-order chi connectivity index (χ0) is 11.3. The van der Waals surface area contributed by atoms with Gasteiger partial charge >= 0.3 is 0 Å². The van der Waals surface area contributed by atoms with Crippen molar-refractivity contribution in [3.05, 3.63) is 0 Å². The van der Waals surface area contributed by atoms with Crippen molar-refractivity contribution < 1.29 is 0 Å². The summed E-state index contributed by atoms with van der Waals surface area (Å²) in [5, 5.41) is 0. The Hall–Kier alpha value is -0.0800. The van der Waals surface area contributed by atoms with Crippen LogP contribution < -0.4 is 0 Å². The van der Waals surface area contributed by atoms with E-state index in [2.05, 4.69) is 23.6 Å². The smallest absolute Gasteiger partial charge is 0.0227 e. The SMILES string of the molecule is CC.CCCN1[C@@H]2CC[C@H]1CN(CC)C2. The topological polar surface area (TPSA) is 6.48 Å². The van der Waals surface area contributed by atoms with Gasteiger partial charge in [-0.15, -0.1) is 0 Å². The Kier molecular flexibility index (Phi) is 5.62. The van der Waals surface area contributed by atoms with E-state index in [1.165, 1.54) is 45.4 Å². The lowest BCUT2D eigenvalue weighted by Crippen LogP contribution is -2.53. The van der Waals surface area contributed by atoms with E-state index >= 15 is 0 Å². The van der Waals surface area contributed by atoms with E-state index in [4.69, 9.17) is 0 Å². The Labute approximate surface area is 95.6 Å². The molecule has 2 fully saturated rings. The molecular formula is C13H28N2. The lowest BCUT2D eigenvalue weighted by atomic mass is 10.2. The number of fused-ring (bicyclic) bond motifs is 2. The van der Waals surface area contributed by atoms with Gasteiger partial charge in [-0.25, -0.2) is 0 Å². The highest BCUT2D eigenvalue weighted by Gasteiger charge is 2.38. The third kappa shape index (κ3) is 2.94. The molecule has 0 aromatic carbocycles. The fourth-order valence-electron chi connectivity index (χ4n) is 2.96. The van der Waals surface area contributed by atoms with Gasteiger partial charge in [0.2, 0.25) is 0 Å². The fraction of sp³-hybridized carbons (Fsp3) is 1.00. The van der Waals surface area contributed by atoms with Crippen LogP contribution in [0.25, 0.3) is 0 Å². The molecule has 2 atom stereocenters. The molecule has 2 rings (SSSR count). The van der Waals surface area contributed by atoms with Crippen molar-refractivity contribution in [2.75, 3.05) is 26.2 Å². The van der Waals surface area contributed by atoms with Crippen LogP contribution in [0.4, 0.5) is 0 Å². The summed E-state index contributed by atoms with van der Waals surface area (Å²) in [5.74, 6) is 0. The minimum absolute atomic E-state index is 0.888. The van der Waals surface area contributed by atoms with Crippen LogP contribution in [-0.2, 0) is 0 Å². The first-order chi connectivity index (χ1) is 7.35. The molecule has 2 aliphatic heterocycles. The summed E-state index contributed by atoms with van der Waals surface area (Å²) in [6.45, 7) is 13.8. The molecule has 2 heterocycles. The molecule has 0 radical (unpaired) electrons. The van der Waals surface area contributed by atoms with Crippen molar-refractivity contribution >= 4 is 0 Å². The number of hydrogen-bond acceptors (Lipinski definition) is 2. The minimum Gasteiger partial charge on any atom is -0.301 e. The predicted molar refractivity (Wildman–Crippen MR) is 67.3 cm³/mol. The van der Waals surface area contributed by atoms with Crippen LogP contribution in [0.1, 0.15) is 47.0 Å². The van der Waals surface area contributed by atoms with E-state index in [-0.39, 0.29) is 0 Å². The molecule has 0 aliphatic carbocycles. The van der Waals surface area contributed by atoms with Gasteiger partial charge in [0, 0.05) is 25.2 Å². The van der Waals surface area contributed by atoms with Crippen molar-refractivity contribution in [1.82, 2.24) is 9.80 Å². The molecular weight excluding hydrogens is 184 g/mol. The molecule has 0 aromatic heterocycles. The molecule has 2 saturated heterocycles. The van der Waals surface area contributed by atoms with E-state index in [9.17, 15) is 0 Å². The fourth-order valence-corrected chi connectivity index (χ4v) is 2.96. The van der Waals surface area contributed by atoms with Gasteiger partial charge in [-0.2, -0.15) is 0 Å². The number of hydrogen-bond donors (Lipinski definition) is 0. The summed E-state index contributed by atoms with van der Waals surface area (Å²) < 4.78 is 0. The summed E-state index contributed by atoms with van der Waals surface area (Å²) in [6.07, 6.45) is 4.21. The van der Waals surface area contributed by atoms with Crippen molar-refractivity contribution in [2.45, 2.75) is 59.0 Å². The summed E-state index contributed by atoms with van der Waals surface area (Å²) >= 11 is 0. The summed E-state index contributed by atoms with van der Waals surface area (Å²) in [6, 6.07) is 1.78. The van der Waals surface area contributed by atoms with E-state index in [1.807, 2.05) is 13.8 Å². The van der Waals surface area contributed by atoms with E-state index in [1.54, 1.807) is 0 Å². The highest BCUT2D eigenvalue weighted by atomic mass is 15.3. The second-order valence-electron chi connectivity index (χ2n) is 4.48. The maximum absolute atomic E-state index is 2.76. The quantitative estimate of drug-likeness (QED) is 0.709. The number of nitrogens with zero attached hydrogens (tertiary/aromatic N) is 2. The van der Waals surface area contributed by atoms with Crippen LogP contribution in [0.2, 0.25) is 0 Å². The highest BCUT2D eigenvalue weighted by molar-refractivity contribution is 4.95. The molecule has 0 N–H and O–H groups in total. The third-order valence-electron chi connectivity index (χ3n) is 3.64. The summed E-state index contributed by atoms with van der Waals surface area (Å²) in [7, 11) is 0. The monoisotopic (exact) mass is 212 g/mol. The first-order valence-electron chi connectivity index (χ1n) is 6.83. The van der Waals surface area contributed by atoms with Gasteiger partial charge in [0.05, 0.1) is 0 Å². The van der Waals surface area contributed by atoms with Crippen LogP contribution in [0.3, 0.4) is 0 Å². The average molecular weight is 212 g/mol. The molecule has 2 nitrogen and oxygen atoms in total. The van der Waals surface area contributed by atoms with Gasteiger partial charge in [0.15, 0.2) is 0 Å². The molecule has 2 aliphatic rings. The second kappa shape index (κ2) is 6.49. The Morgan fingerprint density at radius 3 is 1.93 bits per heavy atom. The Morgan fingerprint density at radius 2 is 1.53 bits per heavy atom. The van der Waals surface area contributed by atoms with E-state index in [0.717, 1.165) is 12.1 Å². The first-order valence-corrected chi connectivity index (χ1v) is 6.83. The number of likely N-dealkylation sites (tertiary alicyclic amines) is 1. The summed E-state index contributed by atoms with van der Waals surface area (Å²) in [5.41, 5.74) is 0. The lowest BCUT2D eigenvalue weighted by Gasteiger charge is -2.40. The average Bonchev–Trinajstić information content (AvgIpc) is 2.55. The first kappa shape index (κ1) is 13.0. The molecule has 0 unspecified atom stereocenters. The normalized spacial score (nSPS) is 31.2. The van der Waals surface area contributed by atoms with Crippen molar-refractivity contribution in [3.8, 4) is 0 Å². The zero-order valence-electron chi connectivity index (χ0n) is 11.0. The largest absolute Gasteiger partial charge is 0.301 e. The molecule has 0 spiro atoms. The standard InChI is InChI=1S/C11H22N2.C2H6/c1-3-7-13-10-5-6-11(13)9-12(4-2)8-10;1-2/h10-11H,3-9H2,1-2H3;1-2H3/t10-,11+;. The number of rotatable bonds is 3. The van der Waals surface area contributed by atoms with Crippen LogP contribution >= 0.6 is 0 Å². The second-order valence-corrected chi connectivity index (χ2v) is 4.48. The summed E-state index contributed by atoms with van der Waals surface area (Å²) in [4.78, 5) is 5.38. The lowest BCUT2D eigenvalue weighted by molar-refractivity contribution is 0.0704. The van der Waals surface area contributed by atoms with E-state index in [0.29, 0.717) is 0 Å². The number of likely N-dealkylation sites (N-methyl/N-ethyl adjacent to an activating group) is 1. The van der Waals surface area contributed by atoms with Crippen molar-refractivity contribution in [3.63, 3.8) is 0 Å². The van der Waals surface area contributed by atoms with Gasteiger partial charge in [0.25, 0.3) is 0 Å². The molecule has 0 aromatic rings. The van der Waals surface area contributed by atoms with Gasteiger partial charge in [-0.05, 0) is 32.4 Å².